The van der Waals surface area contributed by atoms with Gasteiger partial charge in [0, 0.05) is 14.9 Å². The molecule has 2 rings (SSSR count). The van der Waals surface area contributed by atoms with Crippen LogP contribution in [0.2, 0.25) is 0 Å². The van der Waals surface area contributed by atoms with Crippen molar-refractivity contribution in [2.75, 3.05) is 7.11 Å². The second-order valence-electron chi connectivity index (χ2n) is 4.34. The first-order valence-corrected chi connectivity index (χ1v) is 7.38. The number of thiazole rings is 1. The summed E-state index contributed by atoms with van der Waals surface area (Å²) in [7, 11) is 1.37. The van der Waals surface area contributed by atoms with E-state index in [-0.39, 0.29) is 5.97 Å². The van der Waals surface area contributed by atoms with Crippen molar-refractivity contribution in [2.45, 2.75) is 20.8 Å². The number of hydrogen-bond donors (Lipinski definition) is 0. The van der Waals surface area contributed by atoms with E-state index in [0.29, 0.717) is 5.69 Å². The Morgan fingerprint density at radius 1 is 1.26 bits per heavy atom. The highest BCUT2D eigenvalue weighted by Crippen LogP contribution is 2.32. The fourth-order valence-corrected chi connectivity index (χ4v) is 2.99. The van der Waals surface area contributed by atoms with Crippen LogP contribution in [0.4, 0.5) is 0 Å². The number of carbonyl (C=O) groups excluding carboxylic acids is 1. The summed E-state index contributed by atoms with van der Waals surface area (Å²) in [6.07, 6.45) is 0. The average Bonchev–Trinajstić information content (AvgIpc) is 2.76. The fourth-order valence-electron chi connectivity index (χ4n) is 1.88. The third-order valence-corrected chi connectivity index (χ3v) is 5.13. The standard InChI is InChI=1S/C14H14BrNO2S/c1-7-5-10(6-8(2)11(7)15)13-16-12(9(3)19-13)14(17)18-4/h5-6H,1-4H3. The molecule has 0 aliphatic carbocycles. The van der Waals surface area contributed by atoms with Gasteiger partial charge in [-0.1, -0.05) is 15.9 Å². The minimum Gasteiger partial charge on any atom is -0.464 e. The molecule has 0 spiro atoms. The Morgan fingerprint density at radius 2 is 1.84 bits per heavy atom. The van der Waals surface area contributed by atoms with Gasteiger partial charge in [0.05, 0.1) is 7.11 Å². The summed E-state index contributed by atoms with van der Waals surface area (Å²) in [5, 5.41) is 0.844. The van der Waals surface area contributed by atoms with Crippen LogP contribution in [-0.2, 0) is 4.74 Å². The molecular weight excluding hydrogens is 326 g/mol. The number of esters is 1. The van der Waals surface area contributed by atoms with Crippen LogP contribution in [-0.4, -0.2) is 18.1 Å². The van der Waals surface area contributed by atoms with Crippen molar-refractivity contribution in [3.05, 3.63) is 38.3 Å². The Bertz CT molecular complexity index is 626. The minimum atomic E-state index is -0.384. The highest BCUT2D eigenvalue weighted by molar-refractivity contribution is 9.10. The van der Waals surface area contributed by atoms with Gasteiger partial charge >= 0.3 is 5.97 Å². The minimum absolute atomic E-state index is 0.384. The summed E-state index contributed by atoms with van der Waals surface area (Å²) in [5.41, 5.74) is 3.74. The van der Waals surface area contributed by atoms with Crippen molar-refractivity contribution in [1.82, 2.24) is 4.98 Å². The van der Waals surface area contributed by atoms with E-state index in [2.05, 4.69) is 33.0 Å². The van der Waals surface area contributed by atoms with Crippen LogP contribution in [0.5, 0.6) is 0 Å². The maximum atomic E-state index is 11.6. The van der Waals surface area contributed by atoms with Crippen molar-refractivity contribution >= 4 is 33.2 Å². The maximum absolute atomic E-state index is 11.6. The van der Waals surface area contributed by atoms with Gasteiger partial charge in [-0.2, -0.15) is 0 Å². The molecule has 0 fully saturated rings. The second-order valence-corrected chi connectivity index (χ2v) is 6.34. The molecule has 0 amide bonds. The van der Waals surface area contributed by atoms with E-state index >= 15 is 0 Å². The van der Waals surface area contributed by atoms with Crippen LogP contribution in [0.3, 0.4) is 0 Å². The molecule has 0 bridgehead atoms. The Balaban J connectivity index is 2.51. The lowest BCUT2D eigenvalue weighted by Crippen LogP contribution is -2.03. The van der Waals surface area contributed by atoms with E-state index < -0.39 is 0 Å². The zero-order valence-corrected chi connectivity index (χ0v) is 13.6. The number of aromatic nitrogens is 1. The van der Waals surface area contributed by atoms with E-state index in [1.54, 1.807) is 0 Å². The molecular formula is C14H14BrNO2S. The summed E-state index contributed by atoms with van der Waals surface area (Å²) in [5.74, 6) is -0.384. The number of halogens is 1. The van der Waals surface area contributed by atoms with E-state index in [1.165, 1.54) is 18.4 Å². The summed E-state index contributed by atoms with van der Waals surface area (Å²) >= 11 is 5.06. The molecule has 100 valence electrons. The molecule has 0 saturated heterocycles. The third-order valence-electron chi connectivity index (χ3n) is 2.86. The van der Waals surface area contributed by atoms with E-state index in [4.69, 9.17) is 4.74 Å². The highest BCUT2D eigenvalue weighted by Gasteiger charge is 2.17. The number of methoxy groups -OCH3 is 1. The molecule has 1 aromatic carbocycles. The molecule has 5 heteroatoms. The van der Waals surface area contributed by atoms with Gasteiger partial charge in [-0.25, -0.2) is 9.78 Å². The van der Waals surface area contributed by atoms with Crippen molar-refractivity contribution in [3.8, 4) is 10.6 Å². The van der Waals surface area contributed by atoms with Gasteiger partial charge in [0.25, 0.3) is 0 Å². The van der Waals surface area contributed by atoms with Crippen molar-refractivity contribution in [2.24, 2.45) is 0 Å². The largest absolute Gasteiger partial charge is 0.464 e. The number of rotatable bonds is 2. The van der Waals surface area contributed by atoms with Gasteiger partial charge < -0.3 is 4.74 Å². The van der Waals surface area contributed by atoms with E-state index in [0.717, 1.165) is 31.0 Å². The summed E-state index contributed by atoms with van der Waals surface area (Å²) in [6, 6.07) is 4.13. The molecule has 1 aromatic heterocycles. The normalized spacial score (nSPS) is 10.6. The Kier molecular flexibility index (Phi) is 4.06. The first kappa shape index (κ1) is 14.2. The zero-order valence-electron chi connectivity index (χ0n) is 11.2. The zero-order chi connectivity index (χ0) is 14.2. The van der Waals surface area contributed by atoms with Crippen LogP contribution >= 0.6 is 27.3 Å². The van der Waals surface area contributed by atoms with Gasteiger partial charge in [0.2, 0.25) is 0 Å². The van der Waals surface area contributed by atoms with Gasteiger partial charge in [-0.3, -0.25) is 0 Å². The lowest BCUT2D eigenvalue weighted by atomic mass is 10.1. The lowest BCUT2D eigenvalue weighted by Gasteiger charge is -2.05. The van der Waals surface area contributed by atoms with E-state index in [1.807, 2.05) is 20.8 Å². The van der Waals surface area contributed by atoms with Crippen LogP contribution in [0, 0.1) is 20.8 Å². The monoisotopic (exact) mass is 339 g/mol. The lowest BCUT2D eigenvalue weighted by molar-refractivity contribution is 0.0594. The average molecular weight is 340 g/mol. The molecule has 19 heavy (non-hydrogen) atoms. The number of nitrogens with zero attached hydrogens (tertiary/aromatic N) is 1. The number of aryl methyl sites for hydroxylation is 3. The quantitative estimate of drug-likeness (QED) is 0.766. The number of carbonyl (C=O) groups is 1. The molecule has 0 unspecified atom stereocenters. The highest BCUT2D eigenvalue weighted by atomic mass is 79.9. The summed E-state index contributed by atoms with van der Waals surface area (Å²) in [6.45, 7) is 5.97. The predicted octanol–water partition coefficient (Wildman–Crippen LogP) is 4.28. The van der Waals surface area contributed by atoms with Crippen LogP contribution < -0.4 is 0 Å². The van der Waals surface area contributed by atoms with Crippen molar-refractivity contribution in [1.29, 1.82) is 0 Å². The molecule has 0 N–H and O–H groups in total. The summed E-state index contributed by atoms with van der Waals surface area (Å²) < 4.78 is 5.84. The first-order valence-electron chi connectivity index (χ1n) is 5.77. The molecule has 1 heterocycles. The molecule has 0 aliphatic rings. The molecule has 0 saturated carbocycles. The number of hydrogen-bond acceptors (Lipinski definition) is 4. The van der Waals surface area contributed by atoms with Crippen LogP contribution in [0.1, 0.15) is 26.5 Å². The molecule has 2 aromatic rings. The topological polar surface area (TPSA) is 39.2 Å². The van der Waals surface area contributed by atoms with Crippen LogP contribution in [0.15, 0.2) is 16.6 Å². The number of benzene rings is 1. The van der Waals surface area contributed by atoms with Crippen LogP contribution in [0.25, 0.3) is 10.6 Å². The van der Waals surface area contributed by atoms with Gasteiger partial charge in [0.15, 0.2) is 5.69 Å². The van der Waals surface area contributed by atoms with Gasteiger partial charge in [0.1, 0.15) is 5.01 Å². The Labute approximate surface area is 124 Å². The molecule has 3 nitrogen and oxygen atoms in total. The Morgan fingerprint density at radius 3 is 2.37 bits per heavy atom. The van der Waals surface area contributed by atoms with Gasteiger partial charge in [-0.15, -0.1) is 11.3 Å². The summed E-state index contributed by atoms with van der Waals surface area (Å²) in [4.78, 5) is 16.8. The fraction of sp³-hybridized carbons (Fsp3) is 0.286. The Hall–Kier alpha value is -1.20. The molecule has 0 radical (unpaired) electrons. The van der Waals surface area contributed by atoms with Crippen molar-refractivity contribution in [3.63, 3.8) is 0 Å². The maximum Gasteiger partial charge on any atom is 0.357 e. The first-order chi connectivity index (χ1) is 8.93. The third kappa shape index (κ3) is 2.72. The molecule has 0 atom stereocenters. The predicted molar refractivity (Wildman–Crippen MR) is 80.8 cm³/mol. The number of ether oxygens (including phenoxy) is 1. The smallest absolute Gasteiger partial charge is 0.357 e. The SMILES string of the molecule is COC(=O)c1nc(-c2cc(C)c(Br)c(C)c2)sc1C. The second kappa shape index (κ2) is 5.43. The molecule has 0 aliphatic heterocycles. The van der Waals surface area contributed by atoms with Gasteiger partial charge in [-0.05, 0) is 44.0 Å². The van der Waals surface area contributed by atoms with E-state index in [9.17, 15) is 4.79 Å². The van der Waals surface area contributed by atoms with Crippen molar-refractivity contribution < 1.29 is 9.53 Å².